The van der Waals surface area contributed by atoms with Crippen LogP contribution in [0, 0.1) is 5.92 Å². The third kappa shape index (κ3) is 3.92. The summed E-state index contributed by atoms with van der Waals surface area (Å²) in [7, 11) is 0. The highest BCUT2D eigenvalue weighted by Gasteiger charge is 2.02. The summed E-state index contributed by atoms with van der Waals surface area (Å²) in [6.07, 6.45) is 2.23. The van der Waals surface area contributed by atoms with Crippen molar-refractivity contribution in [3.63, 3.8) is 0 Å². The van der Waals surface area contributed by atoms with E-state index in [2.05, 4.69) is 43.4 Å². The Balaban J connectivity index is 2.43. The van der Waals surface area contributed by atoms with Gasteiger partial charge < -0.3 is 11.1 Å². The summed E-state index contributed by atoms with van der Waals surface area (Å²) in [5, 5.41) is 3.42. The van der Waals surface area contributed by atoms with Gasteiger partial charge >= 0.3 is 0 Å². The topological polar surface area (TPSA) is 38.0 Å². The Morgan fingerprint density at radius 1 is 1.20 bits per heavy atom. The fraction of sp³-hybridized carbons (Fsp3) is 0.538. The molecule has 0 spiro atoms. The van der Waals surface area contributed by atoms with Gasteiger partial charge in [-0.3, -0.25) is 0 Å². The van der Waals surface area contributed by atoms with Gasteiger partial charge in [-0.05, 0) is 36.6 Å². The third-order valence-corrected chi connectivity index (χ3v) is 2.87. The molecule has 1 rings (SSSR count). The molecule has 1 aromatic carbocycles. The van der Waals surface area contributed by atoms with E-state index >= 15 is 0 Å². The Labute approximate surface area is 92.9 Å². The van der Waals surface area contributed by atoms with Crippen molar-refractivity contribution in [2.75, 3.05) is 18.4 Å². The van der Waals surface area contributed by atoms with Gasteiger partial charge in [0, 0.05) is 12.2 Å². The second-order valence-corrected chi connectivity index (χ2v) is 3.94. The molecule has 0 bridgehead atoms. The highest BCUT2D eigenvalue weighted by Crippen LogP contribution is 2.11. The summed E-state index contributed by atoms with van der Waals surface area (Å²) in [5.74, 6) is 0.579. The van der Waals surface area contributed by atoms with Crippen molar-refractivity contribution >= 4 is 5.69 Å². The van der Waals surface area contributed by atoms with Gasteiger partial charge in [0.15, 0.2) is 0 Å². The van der Waals surface area contributed by atoms with Crippen LogP contribution in [-0.2, 0) is 6.42 Å². The lowest BCUT2D eigenvalue weighted by molar-refractivity contribution is 0.548. The number of hydrogen-bond donors (Lipinski definition) is 2. The first kappa shape index (κ1) is 12.1. The van der Waals surface area contributed by atoms with Gasteiger partial charge in [-0.25, -0.2) is 0 Å². The minimum atomic E-state index is 0.579. The van der Waals surface area contributed by atoms with Gasteiger partial charge in [0.05, 0.1) is 0 Å². The fourth-order valence-corrected chi connectivity index (χ4v) is 1.51. The molecule has 2 heteroatoms. The molecule has 1 atom stereocenters. The number of nitrogens with one attached hydrogen (secondary N) is 1. The molecule has 1 unspecified atom stereocenters. The monoisotopic (exact) mass is 206 g/mol. The van der Waals surface area contributed by atoms with Crippen LogP contribution in [0.15, 0.2) is 24.3 Å². The van der Waals surface area contributed by atoms with Crippen LogP contribution in [0.4, 0.5) is 5.69 Å². The van der Waals surface area contributed by atoms with E-state index < -0.39 is 0 Å². The largest absolute Gasteiger partial charge is 0.385 e. The predicted octanol–water partition coefficient (Wildman–Crippen LogP) is 2.65. The smallest absolute Gasteiger partial charge is 0.0340 e. The SMILES string of the molecule is CCc1ccc(NCC(CC)CN)cc1. The van der Waals surface area contributed by atoms with Crippen molar-refractivity contribution in [2.24, 2.45) is 11.7 Å². The van der Waals surface area contributed by atoms with Gasteiger partial charge in [-0.15, -0.1) is 0 Å². The molecule has 0 heterocycles. The van der Waals surface area contributed by atoms with Crippen LogP contribution in [-0.4, -0.2) is 13.1 Å². The van der Waals surface area contributed by atoms with Crippen molar-refractivity contribution in [1.29, 1.82) is 0 Å². The number of rotatable bonds is 6. The lowest BCUT2D eigenvalue weighted by Crippen LogP contribution is -2.21. The number of benzene rings is 1. The second kappa shape index (κ2) is 6.46. The summed E-state index contributed by atoms with van der Waals surface area (Å²) >= 11 is 0. The van der Waals surface area contributed by atoms with Gasteiger partial charge in [0.1, 0.15) is 0 Å². The minimum Gasteiger partial charge on any atom is -0.385 e. The first-order valence-corrected chi connectivity index (χ1v) is 5.83. The van der Waals surface area contributed by atoms with Gasteiger partial charge in [-0.1, -0.05) is 32.4 Å². The van der Waals surface area contributed by atoms with Gasteiger partial charge in [0.25, 0.3) is 0 Å². The molecule has 0 aliphatic heterocycles. The van der Waals surface area contributed by atoms with Gasteiger partial charge in [-0.2, -0.15) is 0 Å². The average molecular weight is 206 g/mol. The molecule has 84 valence electrons. The normalized spacial score (nSPS) is 12.5. The van der Waals surface area contributed by atoms with E-state index in [-0.39, 0.29) is 0 Å². The second-order valence-electron chi connectivity index (χ2n) is 3.94. The van der Waals surface area contributed by atoms with Crippen molar-refractivity contribution in [1.82, 2.24) is 0 Å². The molecule has 3 N–H and O–H groups in total. The lowest BCUT2D eigenvalue weighted by Gasteiger charge is -2.14. The first-order valence-electron chi connectivity index (χ1n) is 5.83. The first-order chi connectivity index (χ1) is 7.30. The Hall–Kier alpha value is -1.02. The highest BCUT2D eigenvalue weighted by atomic mass is 14.9. The van der Waals surface area contributed by atoms with E-state index in [1.807, 2.05) is 0 Å². The molecule has 0 saturated heterocycles. The van der Waals surface area contributed by atoms with Crippen molar-refractivity contribution < 1.29 is 0 Å². The standard InChI is InChI=1S/C13H22N2/c1-3-11-5-7-13(8-6-11)15-10-12(4-2)9-14/h5-8,12,15H,3-4,9-10,14H2,1-2H3. The molecule has 1 aromatic rings. The van der Waals surface area contributed by atoms with E-state index in [1.165, 1.54) is 11.3 Å². The maximum Gasteiger partial charge on any atom is 0.0340 e. The van der Waals surface area contributed by atoms with E-state index in [0.717, 1.165) is 25.9 Å². The zero-order chi connectivity index (χ0) is 11.1. The third-order valence-electron chi connectivity index (χ3n) is 2.87. The molecular formula is C13H22N2. The molecule has 0 radical (unpaired) electrons. The maximum atomic E-state index is 5.65. The Kier molecular flexibility index (Phi) is 5.19. The van der Waals surface area contributed by atoms with Crippen LogP contribution in [0.3, 0.4) is 0 Å². The molecule has 0 aromatic heterocycles. The van der Waals surface area contributed by atoms with Crippen LogP contribution in [0.2, 0.25) is 0 Å². The predicted molar refractivity (Wildman–Crippen MR) is 67.1 cm³/mol. The molecule has 0 fully saturated rings. The number of nitrogens with two attached hydrogens (primary N) is 1. The van der Waals surface area contributed by atoms with Crippen LogP contribution in [0.5, 0.6) is 0 Å². The summed E-state index contributed by atoms with van der Waals surface area (Å²) in [5.41, 5.74) is 8.23. The summed E-state index contributed by atoms with van der Waals surface area (Å²) < 4.78 is 0. The van der Waals surface area contributed by atoms with Crippen LogP contribution in [0.1, 0.15) is 25.8 Å². The van der Waals surface area contributed by atoms with Crippen LogP contribution >= 0.6 is 0 Å². The molecule has 2 nitrogen and oxygen atoms in total. The Morgan fingerprint density at radius 3 is 2.33 bits per heavy atom. The lowest BCUT2D eigenvalue weighted by atomic mass is 10.1. The van der Waals surface area contributed by atoms with Crippen LogP contribution in [0.25, 0.3) is 0 Å². The molecular weight excluding hydrogens is 184 g/mol. The van der Waals surface area contributed by atoms with Gasteiger partial charge in [0.2, 0.25) is 0 Å². The summed E-state index contributed by atoms with van der Waals surface area (Å²) in [6, 6.07) is 8.63. The van der Waals surface area contributed by atoms with Crippen LogP contribution < -0.4 is 11.1 Å². The Morgan fingerprint density at radius 2 is 1.87 bits per heavy atom. The number of hydrogen-bond acceptors (Lipinski definition) is 2. The molecule has 0 aliphatic carbocycles. The quantitative estimate of drug-likeness (QED) is 0.751. The molecule has 15 heavy (non-hydrogen) atoms. The van der Waals surface area contributed by atoms with E-state index in [9.17, 15) is 0 Å². The van der Waals surface area contributed by atoms with E-state index in [1.54, 1.807) is 0 Å². The zero-order valence-electron chi connectivity index (χ0n) is 9.79. The van der Waals surface area contributed by atoms with Crippen molar-refractivity contribution in [3.05, 3.63) is 29.8 Å². The average Bonchev–Trinajstić information content (AvgIpc) is 2.31. The van der Waals surface area contributed by atoms with E-state index in [0.29, 0.717) is 5.92 Å². The van der Waals surface area contributed by atoms with Crippen molar-refractivity contribution in [2.45, 2.75) is 26.7 Å². The molecule has 0 aliphatic rings. The molecule has 0 amide bonds. The summed E-state index contributed by atoms with van der Waals surface area (Å²) in [4.78, 5) is 0. The Bertz CT molecular complexity index is 262. The number of aryl methyl sites for hydroxylation is 1. The fourth-order valence-electron chi connectivity index (χ4n) is 1.51. The summed E-state index contributed by atoms with van der Waals surface area (Å²) in [6.45, 7) is 6.08. The zero-order valence-corrected chi connectivity index (χ0v) is 9.79. The minimum absolute atomic E-state index is 0.579. The maximum absolute atomic E-state index is 5.65. The van der Waals surface area contributed by atoms with E-state index in [4.69, 9.17) is 5.73 Å². The molecule has 0 saturated carbocycles. The van der Waals surface area contributed by atoms with Crippen molar-refractivity contribution in [3.8, 4) is 0 Å². The number of anilines is 1. The highest BCUT2D eigenvalue weighted by molar-refractivity contribution is 5.44.